The Morgan fingerprint density at radius 3 is 2.39 bits per heavy atom. The van der Waals surface area contributed by atoms with Gasteiger partial charge in [-0.05, 0) is 37.6 Å². The van der Waals surface area contributed by atoms with Crippen LogP contribution in [0.4, 0.5) is 5.69 Å². The van der Waals surface area contributed by atoms with Crippen LogP contribution in [0.2, 0.25) is 0 Å². The van der Waals surface area contributed by atoms with E-state index in [9.17, 15) is 9.59 Å². The molecule has 6 heteroatoms. The molecular weight excluding hydrogens is 352 g/mol. The molecule has 1 aliphatic rings. The van der Waals surface area contributed by atoms with Crippen molar-refractivity contribution in [1.82, 2.24) is 14.9 Å². The Morgan fingerprint density at radius 2 is 1.75 bits per heavy atom. The van der Waals surface area contributed by atoms with Crippen molar-refractivity contribution in [3.63, 3.8) is 0 Å². The van der Waals surface area contributed by atoms with Crippen LogP contribution in [-0.2, 0) is 0 Å². The van der Waals surface area contributed by atoms with Gasteiger partial charge in [-0.15, -0.1) is 0 Å². The number of carbonyl (C=O) groups is 2. The van der Waals surface area contributed by atoms with Crippen molar-refractivity contribution in [2.45, 2.75) is 13.3 Å². The van der Waals surface area contributed by atoms with E-state index in [-0.39, 0.29) is 20.4 Å². The van der Waals surface area contributed by atoms with E-state index in [0.717, 1.165) is 25.1 Å². The maximum atomic E-state index is 12.6. The van der Waals surface area contributed by atoms with Gasteiger partial charge in [-0.3, -0.25) is 14.6 Å². The Kier molecular flexibility index (Phi) is 4.85. The number of rotatable bonds is 4. The third kappa shape index (κ3) is 3.62. The van der Waals surface area contributed by atoms with Crippen molar-refractivity contribution in [2.75, 3.05) is 18.4 Å². The summed E-state index contributed by atoms with van der Waals surface area (Å²) >= 11 is 0. The van der Waals surface area contributed by atoms with Gasteiger partial charge in [0.1, 0.15) is 5.69 Å². The third-order valence-corrected chi connectivity index (χ3v) is 4.77. The van der Waals surface area contributed by atoms with Crippen molar-refractivity contribution in [2.24, 2.45) is 0 Å². The number of aryl methyl sites for hydroxylation is 1. The molecule has 0 aliphatic carbocycles. The lowest BCUT2D eigenvalue weighted by Crippen LogP contribution is -2.41. The van der Waals surface area contributed by atoms with Crippen molar-refractivity contribution < 1.29 is 12.4 Å². The quantitative estimate of drug-likeness (QED) is 0.746. The average Bonchev–Trinajstić information content (AvgIpc) is 2.68. The van der Waals surface area contributed by atoms with Crippen LogP contribution < -0.4 is 5.32 Å². The highest BCUT2D eigenvalue weighted by Crippen LogP contribution is 2.20. The summed E-state index contributed by atoms with van der Waals surface area (Å²) in [5, 5.41) is 2.84. The molecule has 144 valence electrons. The number of nitrogens with zero attached hydrogens (tertiary/aromatic N) is 3. The molecule has 0 atom stereocenters. The predicted octanol–water partition coefficient (Wildman–Crippen LogP) is 4.04. The molecule has 1 aromatic heterocycles. The highest BCUT2D eigenvalue weighted by atomic mass is 16.2. The molecule has 0 saturated carbocycles. The van der Waals surface area contributed by atoms with E-state index >= 15 is 0 Å². The Balaban J connectivity index is 0.00000160. The Labute approximate surface area is 166 Å². The molecule has 0 spiro atoms. The van der Waals surface area contributed by atoms with Gasteiger partial charge in [-0.1, -0.05) is 30.3 Å². The normalized spacial score (nSPS) is 13.0. The first-order valence-electron chi connectivity index (χ1n) is 9.21. The summed E-state index contributed by atoms with van der Waals surface area (Å²) in [7, 11) is 0. The van der Waals surface area contributed by atoms with Crippen molar-refractivity contribution >= 4 is 17.5 Å². The summed E-state index contributed by atoms with van der Waals surface area (Å²) < 4.78 is 0. The van der Waals surface area contributed by atoms with Gasteiger partial charge in [0.15, 0.2) is 0 Å². The predicted molar refractivity (Wildman–Crippen MR) is 111 cm³/mol. The van der Waals surface area contributed by atoms with Crippen LogP contribution in [0.1, 0.15) is 35.8 Å². The van der Waals surface area contributed by atoms with Crippen molar-refractivity contribution in [1.29, 1.82) is 0 Å². The highest BCUT2D eigenvalue weighted by molar-refractivity contribution is 6.03. The smallest absolute Gasteiger partial charge is 0.276 e. The highest BCUT2D eigenvalue weighted by Gasteiger charge is 2.21. The number of likely N-dealkylation sites (tertiary alicyclic amines) is 1. The number of nitrogens with one attached hydrogen (secondary N) is 1. The van der Waals surface area contributed by atoms with Gasteiger partial charge in [0, 0.05) is 32.8 Å². The Bertz CT molecular complexity index is 1020. The lowest BCUT2D eigenvalue weighted by atomic mass is 10.1. The zero-order valence-electron chi connectivity index (χ0n) is 15.6. The number of aromatic nitrogens is 2. The van der Waals surface area contributed by atoms with Gasteiger partial charge in [0.25, 0.3) is 11.8 Å². The SMILES string of the molecule is Cc1ncc(-c2ccc(C(=O)N3CCC3)cc2)nc1C(=O)Nc1ccccc1.[HH].[HH]. The molecule has 0 unspecified atom stereocenters. The number of benzene rings is 2. The minimum atomic E-state index is -0.303. The lowest BCUT2D eigenvalue weighted by Gasteiger charge is -2.30. The number of hydrogen-bond acceptors (Lipinski definition) is 4. The Hall–Kier alpha value is -3.54. The van der Waals surface area contributed by atoms with Crippen LogP contribution in [0.3, 0.4) is 0 Å². The van der Waals surface area contributed by atoms with Crippen LogP contribution in [0, 0.1) is 6.92 Å². The minimum absolute atomic E-state index is 0. The molecule has 1 aliphatic heterocycles. The second kappa shape index (κ2) is 7.60. The molecule has 2 heterocycles. The van der Waals surface area contributed by atoms with Gasteiger partial charge in [-0.2, -0.15) is 0 Å². The van der Waals surface area contributed by atoms with Gasteiger partial charge in [0.2, 0.25) is 0 Å². The zero-order valence-corrected chi connectivity index (χ0v) is 15.6. The second-order valence-electron chi connectivity index (χ2n) is 6.73. The number of anilines is 1. The van der Waals surface area contributed by atoms with Crippen molar-refractivity contribution in [3.8, 4) is 11.3 Å². The van der Waals surface area contributed by atoms with E-state index in [1.807, 2.05) is 47.4 Å². The largest absolute Gasteiger partial charge is 0.339 e. The first-order chi connectivity index (χ1) is 13.6. The van der Waals surface area contributed by atoms with Gasteiger partial charge < -0.3 is 10.2 Å². The lowest BCUT2D eigenvalue weighted by molar-refractivity contribution is 0.0651. The van der Waals surface area contributed by atoms with Crippen LogP contribution in [0.15, 0.2) is 60.8 Å². The summed E-state index contributed by atoms with van der Waals surface area (Å²) in [6, 6.07) is 16.5. The van der Waals surface area contributed by atoms with Gasteiger partial charge >= 0.3 is 0 Å². The summed E-state index contributed by atoms with van der Waals surface area (Å²) in [6.45, 7) is 3.40. The molecular formula is C22H24N4O2. The maximum Gasteiger partial charge on any atom is 0.276 e. The number of amides is 2. The topological polar surface area (TPSA) is 75.2 Å². The fourth-order valence-electron chi connectivity index (χ4n) is 3.00. The molecule has 0 radical (unpaired) electrons. The molecule has 2 amide bonds. The number of carbonyl (C=O) groups excluding carboxylic acids is 2. The van der Waals surface area contributed by atoms with E-state index in [1.54, 1.807) is 25.3 Å². The maximum absolute atomic E-state index is 12.6. The molecule has 6 nitrogen and oxygen atoms in total. The van der Waals surface area contributed by atoms with E-state index in [0.29, 0.717) is 22.6 Å². The van der Waals surface area contributed by atoms with E-state index in [4.69, 9.17) is 0 Å². The molecule has 3 aromatic rings. The standard InChI is InChI=1S/C22H20N4O2.2H2/c1-15-20(21(27)24-18-6-3-2-4-7-18)25-19(14-23-15)16-8-10-17(11-9-16)22(28)26-12-5-13-26;;/h2-4,6-11,14H,5,12-13H2,1H3,(H,24,27);2*1H. The van der Waals surface area contributed by atoms with Crippen LogP contribution >= 0.6 is 0 Å². The summed E-state index contributed by atoms with van der Waals surface area (Å²) in [5.74, 6) is -0.252. The fourth-order valence-corrected chi connectivity index (χ4v) is 3.00. The van der Waals surface area contributed by atoms with Crippen LogP contribution in [0.5, 0.6) is 0 Å². The summed E-state index contributed by atoms with van der Waals surface area (Å²) in [5.41, 5.74) is 3.59. The second-order valence-corrected chi connectivity index (χ2v) is 6.73. The van der Waals surface area contributed by atoms with E-state index in [2.05, 4.69) is 15.3 Å². The molecule has 28 heavy (non-hydrogen) atoms. The first-order valence-corrected chi connectivity index (χ1v) is 9.21. The van der Waals surface area contributed by atoms with Crippen LogP contribution in [-0.4, -0.2) is 39.8 Å². The number of hydrogen-bond donors (Lipinski definition) is 1. The zero-order chi connectivity index (χ0) is 19.5. The average molecular weight is 376 g/mol. The third-order valence-electron chi connectivity index (χ3n) is 4.77. The Morgan fingerprint density at radius 1 is 1.04 bits per heavy atom. The molecule has 1 fully saturated rings. The monoisotopic (exact) mass is 376 g/mol. The first kappa shape index (κ1) is 17.9. The fraction of sp³-hybridized carbons (Fsp3) is 0.182. The summed E-state index contributed by atoms with van der Waals surface area (Å²) in [4.78, 5) is 35.6. The number of para-hydroxylation sites is 1. The summed E-state index contributed by atoms with van der Waals surface area (Å²) in [6.07, 6.45) is 2.71. The van der Waals surface area contributed by atoms with E-state index in [1.165, 1.54) is 0 Å². The molecule has 1 N–H and O–H groups in total. The van der Waals surface area contributed by atoms with Crippen molar-refractivity contribution in [3.05, 3.63) is 77.7 Å². The molecule has 0 bridgehead atoms. The minimum Gasteiger partial charge on any atom is -0.339 e. The molecule has 2 aromatic carbocycles. The molecule has 4 rings (SSSR count). The van der Waals surface area contributed by atoms with Gasteiger partial charge in [-0.25, -0.2) is 4.98 Å². The van der Waals surface area contributed by atoms with Gasteiger partial charge in [0.05, 0.1) is 17.6 Å². The van der Waals surface area contributed by atoms with Crippen LogP contribution in [0.25, 0.3) is 11.3 Å². The van der Waals surface area contributed by atoms with E-state index < -0.39 is 0 Å². The molecule has 1 saturated heterocycles.